The summed E-state index contributed by atoms with van der Waals surface area (Å²) >= 11 is 0. The first-order valence-electron chi connectivity index (χ1n) is 10.8. The lowest BCUT2D eigenvalue weighted by molar-refractivity contribution is -0.0262. The van der Waals surface area contributed by atoms with Gasteiger partial charge in [0.15, 0.2) is 5.96 Å². The van der Waals surface area contributed by atoms with Gasteiger partial charge in [-0.05, 0) is 32.1 Å². The van der Waals surface area contributed by atoms with Crippen molar-refractivity contribution < 1.29 is 8.95 Å². The number of hydrogen-bond donors (Lipinski definition) is 2. The lowest BCUT2D eigenvalue weighted by Crippen LogP contribution is -2.48. The van der Waals surface area contributed by atoms with E-state index in [1.54, 1.807) is 0 Å². The largest absolute Gasteiger partial charge is 0.374 e. The smallest absolute Gasteiger partial charge is 0.191 e. The molecule has 0 spiro atoms. The average Bonchev–Trinajstić information content (AvgIpc) is 2.65. The highest BCUT2D eigenvalue weighted by Crippen LogP contribution is 2.23. The molecule has 0 aromatic heterocycles. The van der Waals surface area contributed by atoms with Crippen molar-refractivity contribution in [1.82, 2.24) is 15.5 Å². The molecule has 0 bridgehead atoms. The fourth-order valence-electron chi connectivity index (χ4n) is 4.03. The van der Waals surface area contributed by atoms with E-state index in [1.807, 2.05) is 6.92 Å². The maximum Gasteiger partial charge on any atom is 0.191 e. The zero-order valence-electron chi connectivity index (χ0n) is 18.1. The number of ether oxygens (including phenoxy) is 1. The van der Waals surface area contributed by atoms with Crippen molar-refractivity contribution >= 4 is 40.7 Å². The summed E-state index contributed by atoms with van der Waals surface area (Å²) in [7, 11) is -0.695. The van der Waals surface area contributed by atoms with Gasteiger partial charge in [-0.1, -0.05) is 27.2 Å². The number of nitrogens with zero attached hydrogens (tertiary/aromatic N) is 2. The molecule has 0 aromatic carbocycles. The molecule has 2 fully saturated rings. The van der Waals surface area contributed by atoms with Crippen LogP contribution in [0.3, 0.4) is 0 Å². The van der Waals surface area contributed by atoms with Crippen molar-refractivity contribution in [3.8, 4) is 0 Å². The normalized spacial score (nSPS) is 27.9. The molecule has 1 heterocycles. The number of aliphatic imine (C=N–C) groups is 1. The van der Waals surface area contributed by atoms with E-state index in [9.17, 15) is 4.21 Å². The average molecular weight is 529 g/mol. The molecule has 1 aliphatic heterocycles. The molecule has 6 nitrogen and oxygen atoms in total. The predicted octanol–water partition coefficient (Wildman–Crippen LogP) is 2.60. The van der Waals surface area contributed by atoms with Gasteiger partial charge in [-0.15, -0.1) is 24.0 Å². The molecular formula is C20H41IN4O2S. The van der Waals surface area contributed by atoms with E-state index < -0.39 is 10.8 Å². The van der Waals surface area contributed by atoms with Gasteiger partial charge < -0.3 is 15.4 Å². The molecule has 2 N–H and O–H groups in total. The van der Waals surface area contributed by atoms with Crippen molar-refractivity contribution in [3.63, 3.8) is 0 Å². The Morgan fingerprint density at radius 3 is 2.79 bits per heavy atom. The third-order valence-electron chi connectivity index (χ3n) is 5.27. The summed E-state index contributed by atoms with van der Waals surface area (Å²) in [5.41, 5.74) is 0. The van der Waals surface area contributed by atoms with Gasteiger partial charge >= 0.3 is 0 Å². The summed E-state index contributed by atoms with van der Waals surface area (Å²) in [6.45, 7) is 14.1. The van der Waals surface area contributed by atoms with E-state index >= 15 is 0 Å². The number of rotatable bonds is 8. The Hall–Kier alpha value is 0.0700. The molecule has 2 rings (SSSR count). The van der Waals surface area contributed by atoms with Crippen LogP contribution < -0.4 is 10.6 Å². The minimum absolute atomic E-state index is 0. The van der Waals surface area contributed by atoms with Gasteiger partial charge in [0.25, 0.3) is 0 Å². The van der Waals surface area contributed by atoms with Crippen LogP contribution in [-0.2, 0) is 15.5 Å². The summed E-state index contributed by atoms with van der Waals surface area (Å²) in [4.78, 5) is 7.29. The van der Waals surface area contributed by atoms with E-state index in [1.165, 1.54) is 0 Å². The van der Waals surface area contributed by atoms with E-state index in [2.05, 4.69) is 36.3 Å². The van der Waals surface area contributed by atoms with Crippen LogP contribution in [-0.4, -0.2) is 77.5 Å². The first kappa shape index (κ1) is 26.1. The highest BCUT2D eigenvalue weighted by atomic mass is 127. The number of nitrogens with one attached hydrogen (secondary N) is 2. The third-order valence-corrected chi connectivity index (χ3v) is 7.01. The van der Waals surface area contributed by atoms with Crippen molar-refractivity contribution in [2.24, 2.45) is 10.9 Å². The molecule has 0 amide bonds. The lowest BCUT2D eigenvalue weighted by atomic mass is 9.95. The van der Waals surface area contributed by atoms with Crippen LogP contribution in [0.2, 0.25) is 0 Å². The Kier molecular flexibility index (Phi) is 13.2. The van der Waals surface area contributed by atoms with Crippen LogP contribution >= 0.6 is 24.0 Å². The maximum atomic E-state index is 12.2. The van der Waals surface area contributed by atoms with E-state index in [0.29, 0.717) is 23.8 Å². The number of guanidine groups is 1. The maximum absolute atomic E-state index is 12.2. The van der Waals surface area contributed by atoms with Crippen molar-refractivity contribution in [2.75, 3.05) is 45.1 Å². The Morgan fingerprint density at radius 2 is 2.11 bits per heavy atom. The van der Waals surface area contributed by atoms with Gasteiger partial charge in [0.1, 0.15) is 0 Å². The molecule has 4 atom stereocenters. The van der Waals surface area contributed by atoms with Crippen LogP contribution in [0.15, 0.2) is 4.99 Å². The van der Waals surface area contributed by atoms with Crippen LogP contribution in [0.25, 0.3) is 0 Å². The van der Waals surface area contributed by atoms with Gasteiger partial charge in [-0.2, -0.15) is 0 Å². The molecule has 4 unspecified atom stereocenters. The molecule has 2 aliphatic rings. The Balaban J connectivity index is 0.00000392. The number of halogens is 1. The Bertz CT molecular complexity index is 493. The number of morpholine rings is 1. The van der Waals surface area contributed by atoms with E-state index in [-0.39, 0.29) is 30.1 Å². The standard InChI is InChI=1S/C20H40N4O2S.HI/c1-5-21-20(23-17-8-7-9-19(12-17)27(25)6-2)22-13-18-15-24(10-11-26-18)14-16(3)4;/h16-19H,5-15H2,1-4H3,(H2,21,22,23);1H. The van der Waals surface area contributed by atoms with Crippen LogP contribution in [0, 0.1) is 5.92 Å². The molecule has 0 radical (unpaired) electrons. The minimum Gasteiger partial charge on any atom is -0.374 e. The second-order valence-corrected chi connectivity index (χ2v) is 10.2. The lowest BCUT2D eigenvalue weighted by Gasteiger charge is -2.33. The zero-order valence-corrected chi connectivity index (χ0v) is 21.3. The molecule has 28 heavy (non-hydrogen) atoms. The van der Waals surface area contributed by atoms with Crippen LogP contribution in [0.4, 0.5) is 0 Å². The summed E-state index contributed by atoms with van der Waals surface area (Å²) in [6.07, 6.45) is 4.51. The molecular weight excluding hydrogens is 487 g/mol. The second kappa shape index (κ2) is 14.1. The first-order valence-corrected chi connectivity index (χ1v) is 12.2. The minimum atomic E-state index is -0.695. The van der Waals surface area contributed by atoms with Crippen molar-refractivity contribution in [3.05, 3.63) is 0 Å². The summed E-state index contributed by atoms with van der Waals surface area (Å²) in [5.74, 6) is 2.31. The fraction of sp³-hybridized carbons (Fsp3) is 0.950. The van der Waals surface area contributed by atoms with Crippen LogP contribution in [0.5, 0.6) is 0 Å². The third kappa shape index (κ3) is 9.26. The summed E-state index contributed by atoms with van der Waals surface area (Å²) in [6, 6.07) is 0.363. The van der Waals surface area contributed by atoms with Gasteiger partial charge in [0, 0.05) is 54.0 Å². The Morgan fingerprint density at radius 1 is 1.32 bits per heavy atom. The molecule has 1 saturated heterocycles. The highest BCUT2D eigenvalue weighted by Gasteiger charge is 2.26. The number of hydrogen-bond acceptors (Lipinski definition) is 4. The Labute approximate surface area is 191 Å². The quantitative estimate of drug-likeness (QED) is 0.288. The topological polar surface area (TPSA) is 66.0 Å². The predicted molar refractivity (Wildman–Crippen MR) is 130 cm³/mol. The molecule has 1 saturated carbocycles. The van der Waals surface area contributed by atoms with Gasteiger partial charge in [-0.3, -0.25) is 14.1 Å². The molecule has 0 aromatic rings. The summed E-state index contributed by atoms with van der Waals surface area (Å²) in [5, 5.41) is 7.28. The molecule has 8 heteroatoms. The van der Waals surface area contributed by atoms with Crippen molar-refractivity contribution in [2.45, 2.75) is 70.8 Å². The van der Waals surface area contributed by atoms with Crippen molar-refractivity contribution in [1.29, 1.82) is 0 Å². The SMILES string of the molecule is CCNC(=NCC1CN(CC(C)C)CCO1)NC1CCCC(S(=O)CC)C1.I. The van der Waals surface area contributed by atoms with Crippen LogP contribution in [0.1, 0.15) is 53.4 Å². The monoisotopic (exact) mass is 528 g/mol. The molecule has 1 aliphatic carbocycles. The fourth-order valence-corrected chi connectivity index (χ4v) is 5.38. The van der Waals surface area contributed by atoms with E-state index in [4.69, 9.17) is 9.73 Å². The highest BCUT2D eigenvalue weighted by molar-refractivity contribution is 14.0. The van der Waals surface area contributed by atoms with Gasteiger partial charge in [0.2, 0.25) is 0 Å². The summed E-state index contributed by atoms with van der Waals surface area (Å²) < 4.78 is 18.1. The molecule has 166 valence electrons. The van der Waals surface area contributed by atoms with E-state index in [0.717, 1.165) is 70.2 Å². The van der Waals surface area contributed by atoms with Gasteiger partial charge in [-0.25, -0.2) is 0 Å². The van der Waals surface area contributed by atoms with Gasteiger partial charge in [0.05, 0.1) is 19.3 Å². The first-order chi connectivity index (χ1) is 13.0. The zero-order chi connectivity index (χ0) is 19.6. The second-order valence-electron chi connectivity index (χ2n) is 8.17.